The van der Waals surface area contributed by atoms with Crippen molar-refractivity contribution in [1.82, 2.24) is 0 Å². The van der Waals surface area contributed by atoms with E-state index in [4.69, 9.17) is 9.47 Å². The van der Waals surface area contributed by atoms with Crippen LogP contribution in [0.2, 0.25) is 0 Å². The third-order valence-electron chi connectivity index (χ3n) is 5.08. The second-order valence-corrected chi connectivity index (χ2v) is 7.98. The van der Waals surface area contributed by atoms with E-state index < -0.39 is 34.8 Å². The molecule has 5 nitrogen and oxygen atoms in total. The Hall–Kier alpha value is -2.95. The molecule has 1 fully saturated rings. The van der Waals surface area contributed by atoms with Crippen LogP contribution < -0.4 is 4.74 Å². The number of benzene rings is 2. The molecule has 1 aliphatic heterocycles. The molecule has 4 rings (SSSR count). The number of ketones is 1. The van der Waals surface area contributed by atoms with Gasteiger partial charge in [-0.2, -0.15) is 0 Å². The highest BCUT2D eigenvalue weighted by Crippen LogP contribution is 2.70. The fraction of sp³-hybridized carbons (Fsp3) is 0.318. The second-order valence-electron chi connectivity index (χ2n) is 7.98. The lowest BCUT2D eigenvalue weighted by atomic mass is 9.94. The van der Waals surface area contributed by atoms with Gasteiger partial charge in [0.05, 0.1) is 5.92 Å². The number of fused-ring (bicyclic) bond motifs is 3. The molecule has 2 aliphatic rings. The summed E-state index contributed by atoms with van der Waals surface area (Å²) in [6, 6.07) is 15.7. The highest BCUT2D eigenvalue weighted by atomic mass is 16.6. The van der Waals surface area contributed by atoms with E-state index in [0.29, 0.717) is 16.9 Å². The maximum atomic E-state index is 13.2. The number of hydrogen-bond acceptors (Lipinski definition) is 5. The van der Waals surface area contributed by atoms with E-state index in [1.165, 1.54) is 0 Å². The van der Waals surface area contributed by atoms with Crippen LogP contribution in [0.15, 0.2) is 54.6 Å². The average Bonchev–Trinajstić information content (AvgIpc) is 3.33. The second kappa shape index (κ2) is 5.78. The lowest BCUT2D eigenvalue weighted by Gasteiger charge is -2.26. The van der Waals surface area contributed by atoms with Crippen molar-refractivity contribution in [2.75, 3.05) is 0 Å². The Kier molecular flexibility index (Phi) is 3.74. The molecular formula is C22H20O5. The molecular weight excluding hydrogens is 344 g/mol. The Morgan fingerprint density at radius 3 is 2.30 bits per heavy atom. The summed E-state index contributed by atoms with van der Waals surface area (Å²) in [5.41, 5.74) is -1.24. The topological polar surface area (TPSA) is 69.7 Å². The molecule has 27 heavy (non-hydrogen) atoms. The molecule has 0 N–H and O–H groups in total. The molecule has 1 heterocycles. The quantitative estimate of drug-likeness (QED) is 0.361. The zero-order chi connectivity index (χ0) is 19.4. The first-order chi connectivity index (χ1) is 12.8. The Balaban J connectivity index is 1.82. The normalized spacial score (nSPS) is 25.7. The van der Waals surface area contributed by atoms with Gasteiger partial charge in [-0.05, 0) is 26.8 Å². The predicted octanol–water partition coefficient (Wildman–Crippen LogP) is 3.53. The van der Waals surface area contributed by atoms with Gasteiger partial charge in [-0.1, -0.05) is 48.5 Å². The van der Waals surface area contributed by atoms with Gasteiger partial charge in [0.15, 0.2) is 11.2 Å². The fourth-order valence-corrected chi connectivity index (χ4v) is 3.92. The van der Waals surface area contributed by atoms with E-state index in [9.17, 15) is 14.4 Å². The van der Waals surface area contributed by atoms with Crippen LogP contribution in [0.25, 0.3) is 0 Å². The van der Waals surface area contributed by atoms with Gasteiger partial charge < -0.3 is 9.47 Å². The van der Waals surface area contributed by atoms with Crippen LogP contribution in [0.1, 0.15) is 42.6 Å². The largest absolute Gasteiger partial charge is 0.459 e. The van der Waals surface area contributed by atoms with Crippen LogP contribution in [0.4, 0.5) is 0 Å². The summed E-state index contributed by atoms with van der Waals surface area (Å²) in [6.07, 6.45) is 0. The van der Waals surface area contributed by atoms with Gasteiger partial charge in [0.2, 0.25) is 0 Å². The first-order valence-corrected chi connectivity index (χ1v) is 8.90. The lowest BCUT2D eigenvalue weighted by Crippen LogP contribution is -2.40. The van der Waals surface area contributed by atoms with Gasteiger partial charge in [-0.25, -0.2) is 0 Å². The molecule has 1 aliphatic carbocycles. The van der Waals surface area contributed by atoms with Crippen LogP contribution >= 0.6 is 0 Å². The van der Waals surface area contributed by atoms with Crippen molar-refractivity contribution in [3.8, 4) is 5.75 Å². The van der Waals surface area contributed by atoms with Crippen molar-refractivity contribution in [2.45, 2.75) is 32.3 Å². The molecule has 2 aromatic carbocycles. The van der Waals surface area contributed by atoms with Crippen LogP contribution in [0.3, 0.4) is 0 Å². The Labute approximate surface area is 157 Å². The van der Waals surface area contributed by atoms with Crippen LogP contribution in [0, 0.1) is 11.3 Å². The molecule has 3 atom stereocenters. The molecule has 138 valence electrons. The first kappa shape index (κ1) is 17.5. The predicted molar refractivity (Wildman–Crippen MR) is 97.4 cm³/mol. The monoisotopic (exact) mass is 364 g/mol. The zero-order valence-corrected chi connectivity index (χ0v) is 15.4. The molecule has 0 unspecified atom stereocenters. The Morgan fingerprint density at radius 2 is 1.63 bits per heavy atom. The zero-order valence-electron chi connectivity index (χ0n) is 15.4. The lowest BCUT2D eigenvalue weighted by molar-refractivity contribution is -0.169. The van der Waals surface area contributed by atoms with Crippen molar-refractivity contribution < 1.29 is 23.9 Å². The fourth-order valence-electron chi connectivity index (χ4n) is 3.92. The Bertz CT molecular complexity index is 941. The molecule has 1 saturated carbocycles. The molecule has 0 saturated heterocycles. The summed E-state index contributed by atoms with van der Waals surface area (Å²) >= 11 is 0. The Morgan fingerprint density at radius 1 is 1.00 bits per heavy atom. The number of ether oxygens (including phenoxy) is 2. The van der Waals surface area contributed by atoms with Crippen LogP contribution in [-0.4, -0.2) is 23.3 Å². The van der Waals surface area contributed by atoms with Gasteiger partial charge in [-0.15, -0.1) is 0 Å². The third kappa shape index (κ3) is 2.57. The molecule has 0 spiro atoms. The smallest absolute Gasteiger partial charge is 0.330 e. The molecule has 5 heteroatoms. The molecule has 0 bridgehead atoms. The molecule has 0 radical (unpaired) electrons. The van der Waals surface area contributed by atoms with Crippen molar-refractivity contribution >= 4 is 17.7 Å². The maximum Gasteiger partial charge on any atom is 0.330 e. The SMILES string of the molecule is CC(C)(C)OC(=O)[C@@]12C(=O)Oc3ccccc3[C@@H]1[C@H]2C(=O)c1ccccc1. The summed E-state index contributed by atoms with van der Waals surface area (Å²) in [5.74, 6) is -2.66. The number of Topliss-reactive ketones (excluding diaryl/α,β-unsaturated/α-hetero) is 1. The van der Waals surface area contributed by atoms with E-state index >= 15 is 0 Å². The molecule has 2 aromatic rings. The highest BCUT2D eigenvalue weighted by Gasteiger charge is 2.81. The van der Waals surface area contributed by atoms with Crippen molar-refractivity contribution in [3.63, 3.8) is 0 Å². The van der Waals surface area contributed by atoms with Gasteiger partial charge >= 0.3 is 11.9 Å². The van der Waals surface area contributed by atoms with E-state index in [1.54, 1.807) is 69.3 Å². The first-order valence-electron chi connectivity index (χ1n) is 8.90. The summed E-state index contributed by atoms with van der Waals surface area (Å²) in [5, 5.41) is 0. The van der Waals surface area contributed by atoms with Crippen LogP contribution in [-0.2, 0) is 14.3 Å². The number of esters is 2. The van der Waals surface area contributed by atoms with E-state index in [2.05, 4.69) is 0 Å². The number of carbonyl (C=O) groups is 3. The molecule has 0 aromatic heterocycles. The third-order valence-corrected chi connectivity index (χ3v) is 5.08. The van der Waals surface area contributed by atoms with Crippen molar-refractivity contribution in [1.29, 1.82) is 0 Å². The van der Waals surface area contributed by atoms with Gasteiger partial charge in [-0.3, -0.25) is 14.4 Å². The van der Waals surface area contributed by atoms with Crippen LogP contribution in [0.5, 0.6) is 5.75 Å². The number of hydrogen-bond donors (Lipinski definition) is 0. The van der Waals surface area contributed by atoms with E-state index in [1.807, 2.05) is 6.07 Å². The summed E-state index contributed by atoms with van der Waals surface area (Å²) in [4.78, 5) is 39.2. The summed E-state index contributed by atoms with van der Waals surface area (Å²) in [7, 11) is 0. The van der Waals surface area contributed by atoms with E-state index in [0.717, 1.165) is 0 Å². The minimum atomic E-state index is -1.62. The average molecular weight is 364 g/mol. The van der Waals surface area contributed by atoms with Gasteiger partial charge in [0.1, 0.15) is 11.4 Å². The number of para-hydroxylation sites is 1. The standard InChI is InChI=1S/C22H20O5/c1-21(2,3)27-20(25)22-16(14-11-7-8-12-15(14)26-19(22)24)17(22)18(23)13-9-5-4-6-10-13/h4-12,16-17H,1-3H3/t16-,17+,22+/m1/s1. The van der Waals surface area contributed by atoms with Crippen molar-refractivity contribution in [3.05, 3.63) is 65.7 Å². The number of rotatable bonds is 3. The summed E-state index contributed by atoms with van der Waals surface area (Å²) in [6.45, 7) is 5.19. The van der Waals surface area contributed by atoms with Gasteiger partial charge in [0.25, 0.3) is 0 Å². The summed E-state index contributed by atoms with van der Waals surface area (Å²) < 4.78 is 11.0. The van der Waals surface area contributed by atoms with Gasteiger partial charge in [0, 0.05) is 17.0 Å². The minimum Gasteiger partial charge on any atom is -0.459 e. The highest BCUT2D eigenvalue weighted by molar-refractivity contribution is 6.17. The number of carbonyl (C=O) groups excluding carboxylic acids is 3. The molecule has 0 amide bonds. The minimum absolute atomic E-state index is 0.250. The maximum absolute atomic E-state index is 13.2. The van der Waals surface area contributed by atoms with Crippen molar-refractivity contribution in [2.24, 2.45) is 11.3 Å². The van der Waals surface area contributed by atoms with E-state index in [-0.39, 0.29) is 5.78 Å².